The Kier molecular flexibility index (Phi) is 5.40. The molecular weight excluding hydrogens is 330 g/mol. The van der Waals surface area contributed by atoms with Gasteiger partial charge < -0.3 is 10.4 Å². The maximum atomic E-state index is 12.8. The van der Waals surface area contributed by atoms with Gasteiger partial charge in [0.2, 0.25) is 0 Å². The van der Waals surface area contributed by atoms with Gasteiger partial charge in [0.05, 0.1) is 5.69 Å². The maximum Gasteiger partial charge on any atom is 0.325 e. The van der Waals surface area contributed by atoms with Crippen molar-refractivity contribution in [3.05, 3.63) is 48.7 Å². The van der Waals surface area contributed by atoms with E-state index in [-0.39, 0.29) is 11.4 Å². The number of pyridine rings is 1. The molecule has 0 saturated carbocycles. The number of hydrogen-bond donors (Lipinski definition) is 2. The van der Waals surface area contributed by atoms with E-state index in [1.54, 1.807) is 31.2 Å². The van der Waals surface area contributed by atoms with Crippen LogP contribution in [0.4, 0.5) is 11.5 Å². The van der Waals surface area contributed by atoms with Crippen molar-refractivity contribution in [1.82, 2.24) is 4.98 Å². The minimum absolute atomic E-state index is 0.0433. The number of anilines is 2. The first-order valence-corrected chi connectivity index (χ1v) is 8.83. The average molecular weight is 349 g/mol. The van der Waals surface area contributed by atoms with Gasteiger partial charge >= 0.3 is 5.97 Å². The van der Waals surface area contributed by atoms with Crippen LogP contribution in [-0.2, 0) is 14.8 Å². The van der Waals surface area contributed by atoms with Gasteiger partial charge in [-0.25, -0.2) is 13.4 Å². The van der Waals surface area contributed by atoms with E-state index in [1.165, 1.54) is 29.6 Å². The number of aliphatic carboxylic acids is 1. The molecule has 0 aliphatic heterocycles. The molecule has 128 valence electrons. The number of carbonyl (C=O) groups is 1. The number of aromatic nitrogens is 1. The van der Waals surface area contributed by atoms with Crippen LogP contribution in [0, 0.1) is 0 Å². The lowest BCUT2D eigenvalue weighted by Crippen LogP contribution is -2.31. The molecule has 24 heavy (non-hydrogen) atoms. The molecule has 0 bridgehead atoms. The number of nitrogens with zero attached hydrogens (tertiary/aromatic N) is 2. The van der Waals surface area contributed by atoms with Crippen molar-refractivity contribution in [3.63, 3.8) is 0 Å². The molecule has 1 heterocycles. The number of nitrogens with one attached hydrogen (secondary N) is 1. The Morgan fingerprint density at radius 1 is 1.25 bits per heavy atom. The quantitative estimate of drug-likeness (QED) is 0.795. The number of rotatable bonds is 7. The van der Waals surface area contributed by atoms with E-state index in [2.05, 4.69) is 10.3 Å². The maximum absolute atomic E-state index is 12.8. The average Bonchev–Trinajstić information content (AvgIpc) is 2.56. The number of carboxylic acids is 1. The number of para-hydroxylation sites is 1. The summed E-state index contributed by atoms with van der Waals surface area (Å²) in [6.45, 7) is 3.51. The Hall–Kier alpha value is -2.61. The molecule has 0 radical (unpaired) electrons. The van der Waals surface area contributed by atoms with Crippen LogP contribution in [0.5, 0.6) is 0 Å². The molecule has 2 N–H and O–H groups in total. The lowest BCUT2D eigenvalue weighted by atomic mass is 10.3. The summed E-state index contributed by atoms with van der Waals surface area (Å²) in [5.74, 6) is -0.721. The van der Waals surface area contributed by atoms with Gasteiger partial charge in [-0.05, 0) is 38.1 Å². The predicted octanol–water partition coefficient (Wildman–Crippen LogP) is 2.18. The molecule has 2 aromatic rings. The Morgan fingerprint density at radius 2 is 1.92 bits per heavy atom. The van der Waals surface area contributed by atoms with Gasteiger partial charge in [-0.15, -0.1) is 0 Å². The monoisotopic (exact) mass is 349 g/mol. The molecule has 1 aromatic heterocycles. The van der Waals surface area contributed by atoms with Gasteiger partial charge in [0.25, 0.3) is 10.0 Å². The molecule has 1 aromatic carbocycles. The van der Waals surface area contributed by atoms with Crippen LogP contribution in [0.1, 0.15) is 13.8 Å². The fourth-order valence-electron chi connectivity index (χ4n) is 2.11. The first-order chi connectivity index (χ1) is 11.4. The smallest absolute Gasteiger partial charge is 0.325 e. The third-order valence-corrected chi connectivity index (χ3v) is 5.28. The number of sulfonamides is 1. The highest BCUT2D eigenvalue weighted by Gasteiger charge is 2.24. The normalized spacial score (nSPS) is 12.4. The van der Waals surface area contributed by atoms with Crippen molar-refractivity contribution in [1.29, 1.82) is 0 Å². The van der Waals surface area contributed by atoms with E-state index in [4.69, 9.17) is 5.11 Å². The lowest BCUT2D eigenvalue weighted by molar-refractivity contribution is -0.137. The van der Waals surface area contributed by atoms with Crippen molar-refractivity contribution in [2.45, 2.75) is 24.8 Å². The first-order valence-electron chi connectivity index (χ1n) is 7.39. The molecule has 2 rings (SSSR count). The van der Waals surface area contributed by atoms with Crippen LogP contribution in [0.2, 0.25) is 0 Å². The number of hydrogen-bond acceptors (Lipinski definition) is 5. The van der Waals surface area contributed by atoms with E-state index in [1.807, 2.05) is 6.07 Å². The van der Waals surface area contributed by atoms with E-state index >= 15 is 0 Å². The van der Waals surface area contributed by atoms with Crippen molar-refractivity contribution in [2.24, 2.45) is 0 Å². The number of benzene rings is 1. The van der Waals surface area contributed by atoms with Crippen LogP contribution in [0.15, 0.2) is 53.6 Å². The molecule has 1 atom stereocenters. The van der Waals surface area contributed by atoms with Crippen molar-refractivity contribution in [2.75, 3.05) is 16.2 Å². The van der Waals surface area contributed by atoms with E-state index in [0.717, 1.165) is 0 Å². The summed E-state index contributed by atoms with van der Waals surface area (Å²) in [4.78, 5) is 14.9. The van der Waals surface area contributed by atoms with Gasteiger partial charge in [0.15, 0.2) is 0 Å². The standard InChI is InChI=1S/C16H19N3O4S/c1-3-19(13-7-5-4-6-8-13)24(22,23)14-9-10-15(17-11-14)18-12(2)16(20)21/h4-12H,3H2,1-2H3,(H,17,18)(H,20,21)/t12-/m0/s1. The van der Waals surface area contributed by atoms with Crippen LogP contribution in [0.3, 0.4) is 0 Å². The Balaban J connectivity index is 2.27. The zero-order valence-corrected chi connectivity index (χ0v) is 14.2. The fourth-order valence-corrected chi connectivity index (χ4v) is 3.53. The van der Waals surface area contributed by atoms with Crippen LogP contribution in [0.25, 0.3) is 0 Å². The minimum atomic E-state index is -3.74. The highest BCUT2D eigenvalue weighted by Crippen LogP contribution is 2.23. The second-order valence-corrected chi connectivity index (χ2v) is 6.95. The van der Waals surface area contributed by atoms with Gasteiger partial charge in [-0.2, -0.15) is 0 Å². The van der Waals surface area contributed by atoms with Gasteiger partial charge in [0.1, 0.15) is 16.8 Å². The van der Waals surface area contributed by atoms with Crippen molar-refractivity contribution < 1.29 is 18.3 Å². The summed E-state index contributed by atoms with van der Waals surface area (Å²) >= 11 is 0. The molecule has 0 unspecified atom stereocenters. The molecular formula is C16H19N3O4S. The molecule has 7 nitrogen and oxygen atoms in total. The Bertz CT molecular complexity index is 792. The SMILES string of the molecule is CCN(c1ccccc1)S(=O)(=O)c1ccc(N[C@@H](C)C(=O)O)nc1. The zero-order valence-electron chi connectivity index (χ0n) is 13.4. The second-order valence-electron chi connectivity index (χ2n) is 5.09. The highest BCUT2D eigenvalue weighted by atomic mass is 32.2. The van der Waals surface area contributed by atoms with Gasteiger partial charge in [-0.3, -0.25) is 9.10 Å². The summed E-state index contributed by atoms with van der Waals surface area (Å²) in [5.41, 5.74) is 0.571. The molecule has 0 aliphatic carbocycles. The summed E-state index contributed by atoms with van der Waals surface area (Å²) in [5, 5.41) is 11.5. The third-order valence-electron chi connectivity index (χ3n) is 3.39. The Labute approximate surface area is 141 Å². The summed E-state index contributed by atoms with van der Waals surface area (Å²) < 4.78 is 26.8. The molecule has 8 heteroatoms. The summed E-state index contributed by atoms with van der Waals surface area (Å²) in [6.07, 6.45) is 1.22. The zero-order chi connectivity index (χ0) is 17.7. The van der Waals surface area contributed by atoms with E-state index < -0.39 is 22.0 Å². The lowest BCUT2D eigenvalue weighted by Gasteiger charge is -2.22. The topological polar surface area (TPSA) is 99.6 Å². The van der Waals surface area contributed by atoms with Gasteiger partial charge in [-0.1, -0.05) is 18.2 Å². The fraction of sp³-hybridized carbons (Fsp3) is 0.250. The predicted molar refractivity (Wildman–Crippen MR) is 91.6 cm³/mol. The molecule has 0 saturated heterocycles. The van der Waals surface area contributed by atoms with Crippen LogP contribution < -0.4 is 9.62 Å². The third kappa shape index (κ3) is 3.83. The van der Waals surface area contributed by atoms with E-state index in [9.17, 15) is 13.2 Å². The molecule has 0 amide bonds. The minimum Gasteiger partial charge on any atom is -0.480 e. The van der Waals surface area contributed by atoms with Crippen LogP contribution in [-0.4, -0.2) is 37.1 Å². The first kappa shape index (κ1) is 17.7. The number of carboxylic acid groups (broad SMARTS) is 1. The van der Waals surface area contributed by atoms with Gasteiger partial charge in [0, 0.05) is 12.7 Å². The molecule has 0 aliphatic rings. The summed E-state index contributed by atoms with van der Waals surface area (Å²) in [6, 6.07) is 10.8. The van der Waals surface area contributed by atoms with E-state index in [0.29, 0.717) is 11.5 Å². The van der Waals surface area contributed by atoms with Crippen LogP contribution >= 0.6 is 0 Å². The van der Waals surface area contributed by atoms with Crippen molar-refractivity contribution >= 4 is 27.5 Å². The Morgan fingerprint density at radius 3 is 2.42 bits per heavy atom. The van der Waals surface area contributed by atoms with Crippen molar-refractivity contribution in [3.8, 4) is 0 Å². The highest BCUT2D eigenvalue weighted by molar-refractivity contribution is 7.92. The largest absolute Gasteiger partial charge is 0.480 e. The summed E-state index contributed by atoms with van der Waals surface area (Å²) in [7, 11) is -3.74. The molecule has 0 fully saturated rings. The second kappa shape index (κ2) is 7.31. The molecule has 0 spiro atoms.